The lowest BCUT2D eigenvalue weighted by Gasteiger charge is -2.39. The van der Waals surface area contributed by atoms with E-state index in [1.165, 1.54) is 6.07 Å². The van der Waals surface area contributed by atoms with Gasteiger partial charge in [0.25, 0.3) is 0 Å². The van der Waals surface area contributed by atoms with Gasteiger partial charge in [-0.25, -0.2) is 4.39 Å². The van der Waals surface area contributed by atoms with Crippen LogP contribution in [0.4, 0.5) is 10.1 Å². The van der Waals surface area contributed by atoms with Crippen molar-refractivity contribution in [2.24, 2.45) is 5.41 Å². The van der Waals surface area contributed by atoms with Gasteiger partial charge in [0.05, 0.1) is 5.69 Å². The molecule has 0 spiro atoms. The van der Waals surface area contributed by atoms with Gasteiger partial charge in [-0.1, -0.05) is 26.0 Å². The molecule has 0 bridgehead atoms. The number of nitrogens with zero attached hydrogens (tertiary/aromatic N) is 1. The van der Waals surface area contributed by atoms with Crippen LogP contribution in [0.3, 0.4) is 0 Å². The Balaban J connectivity index is 2.84. The molecule has 0 aliphatic heterocycles. The largest absolute Gasteiger partial charge is 0.372 e. The van der Waals surface area contributed by atoms with Crippen LogP contribution in [-0.2, 0) is 0 Å². The molecule has 120 valence electrons. The topological polar surface area (TPSA) is 15.3 Å². The van der Waals surface area contributed by atoms with Crippen molar-refractivity contribution < 1.29 is 4.39 Å². The Hall–Kier alpha value is -1.09. The van der Waals surface area contributed by atoms with Crippen molar-refractivity contribution in [2.45, 2.75) is 53.0 Å². The molecule has 21 heavy (non-hydrogen) atoms. The molecule has 3 heteroatoms. The molecular weight excluding hydrogens is 263 g/mol. The third-order valence-electron chi connectivity index (χ3n) is 4.33. The summed E-state index contributed by atoms with van der Waals surface area (Å²) >= 11 is 0. The fraction of sp³-hybridized carbons (Fsp3) is 0.667. The van der Waals surface area contributed by atoms with Gasteiger partial charge in [-0.2, -0.15) is 0 Å². The summed E-state index contributed by atoms with van der Waals surface area (Å²) in [6, 6.07) is 7.00. The number of hydrogen-bond acceptors (Lipinski definition) is 2. The van der Waals surface area contributed by atoms with E-state index in [4.69, 9.17) is 0 Å². The quantitative estimate of drug-likeness (QED) is 0.799. The normalized spacial score (nSPS) is 12.5. The lowest BCUT2D eigenvalue weighted by Crippen LogP contribution is -2.48. The zero-order valence-electron chi connectivity index (χ0n) is 14.5. The Labute approximate surface area is 129 Å². The second-order valence-corrected chi connectivity index (χ2v) is 7.12. The Bertz CT molecular complexity index is 433. The Kier molecular flexibility index (Phi) is 6.21. The summed E-state index contributed by atoms with van der Waals surface area (Å²) in [5.41, 5.74) is 0.941. The van der Waals surface area contributed by atoms with Crippen LogP contribution < -0.4 is 10.2 Å². The molecule has 0 saturated carbocycles. The van der Waals surface area contributed by atoms with Crippen LogP contribution >= 0.6 is 0 Å². The number of benzene rings is 1. The molecule has 0 aromatic heterocycles. The van der Waals surface area contributed by atoms with E-state index in [1.54, 1.807) is 6.07 Å². The first-order valence-electron chi connectivity index (χ1n) is 7.94. The number of nitrogens with one attached hydrogen (secondary N) is 1. The average molecular weight is 294 g/mol. The van der Waals surface area contributed by atoms with Crippen molar-refractivity contribution >= 4 is 5.69 Å². The number of hydrogen-bond donors (Lipinski definition) is 1. The fourth-order valence-corrected chi connectivity index (χ4v) is 2.58. The van der Waals surface area contributed by atoms with Gasteiger partial charge in [-0.15, -0.1) is 0 Å². The molecule has 1 aromatic rings. The third kappa shape index (κ3) is 5.31. The molecule has 0 atom stereocenters. The van der Waals surface area contributed by atoms with E-state index in [9.17, 15) is 4.39 Å². The van der Waals surface area contributed by atoms with Crippen LogP contribution in [0.15, 0.2) is 24.3 Å². The van der Waals surface area contributed by atoms with Gasteiger partial charge in [-0.05, 0) is 51.2 Å². The number of para-hydroxylation sites is 1. The first kappa shape index (κ1) is 18.0. The highest BCUT2D eigenvalue weighted by molar-refractivity contribution is 5.47. The molecule has 1 N–H and O–H groups in total. The first-order valence-corrected chi connectivity index (χ1v) is 7.94. The summed E-state index contributed by atoms with van der Waals surface area (Å²) in [6.07, 6.45) is 2.15. The lowest BCUT2D eigenvalue weighted by atomic mass is 9.81. The highest BCUT2D eigenvalue weighted by atomic mass is 19.1. The van der Waals surface area contributed by atoms with Gasteiger partial charge < -0.3 is 10.2 Å². The molecule has 0 radical (unpaired) electrons. The molecule has 0 aliphatic rings. The maximum atomic E-state index is 13.9. The summed E-state index contributed by atoms with van der Waals surface area (Å²) in [5.74, 6) is -0.148. The van der Waals surface area contributed by atoms with Crippen molar-refractivity contribution in [2.75, 3.05) is 25.0 Å². The van der Waals surface area contributed by atoms with Gasteiger partial charge in [-0.3, -0.25) is 0 Å². The molecule has 0 saturated heterocycles. The Morgan fingerprint density at radius 1 is 1.10 bits per heavy atom. The molecule has 2 nitrogen and oxygen atoms in total. The summed E-state index contributed by atoms with van der Waals surface area (Å²) in [6.45, 7) is 12.8. The summed E-state index contributed by atoms with van der Waals surface area (Å²) in [4.78, 5) is 2.05. The van der Waals surface area contributed by atoms with Crippen molar-refractivity contribution in [1.82, 2.24) is 5.32 Å². The second-order valence-electron chi connectivity index (χ2n) is 7.12. The number of halogens is 1. The molecule has 1 aromatic carbocycles. The predicted molar refractivity (Wildman–Crippen MR) is 90.4 cm³/mol. The Morgan fingerprint density at radius 2 is 1.67 bits per heavy atom. The van der Waals surface area contributed by atoms with Crippen LogP contribution in [-0.4, -0.2) is 25.7 Å². The van der Waals surface area contributed by atoms with E-state index >= 15 is 0 Å². The number of rotatable bonds is 7. The summed E-state index contributed by atoms with van der Waals surface area (Å²) in [5, 5.41) is 3.62. The lowest BCUT2D eigenvalue weighted by molar-refractivity contribution is 0.228. The summed E-state index contributed by atoms with van der Waals surface area (Å²) in [7, 11) is 1.98. The van der Waals surface area contributed by atoms with E-state index in [0.29, 0.717) is 5.69 Å². The van der Waals surface area contributed by atoms with Gasteiger partial charge in [0, 0.05) is 25.7 Å². The standard InChI is InChI=1S/C18H31FN2/c1-7-18(8-2,13-20-17(3,4)5)14-21(6)16-12-10-9-11-15(16)19/h9-12,20H,7-8,13-14H2,1-6H3. The molecule has 0 fully saturated rings. The van der Waals surface area contributed by atoms with Gasteiger partial charge >= 0.3 is 0 Å². The zero-order chi connectivity index (χ0) is 16.1. The van der Waals surface area contributed by atoms with E-state index < -0.39 is 0 Å². The minimum absolute atomic E-state index is 0.103. The van der Waals surface area contributed by atoms with Crippen molar-refractivity contribution in [3.05, 3.63) is 30.1 Å². The van der Waals surface area contributed by atoms with Crippen LogP contribution in [0.5, 0.6) is 0 Å². The minimum atomic E-state index is -0.148. The maximum Gasteiger partial charge on any atom is 0.146 e. The van der Waals surface area contributed by atoms with Crippen LogP contribution in [0.2, 0.25) is 0 Å². The monoisotopic (exact) mass is 294 g/mol. The summed E-state index contributed by atoms with van der Waals surface area (Å²) < 4.78 is 13.9. The molecule has 1 rings (SSSR count). The molecular formula is C18H31FN2. The van der Waals surface area contributed by atoms with Gasteiger partial charge in [0.2, 0.25) is 0 Å². The average Bonchev–Trinajstić information content (AvgIpc) is 2.43. The Morgan fingerprint density at radius 3 is 2.14 bits per heavy atom. The van der Waals surface area contributed by atoms with Crippen molar-refractivity contribution in [1.29, 1.82) is 0 Å². The minimum Gasteiger partial charge on any atom is -0.372 e. The maximum absolute atomic E-state index is 13.9. The van der Waals surface area contributed by atoms with Crippen molar-refractivity contribution in [3.8, 4) is 0 Å². The highest BCUT2D eigenvalue weighted by Crippen LogP contribution is 2.30. The number of anilines is 1. The van der Waals surface area contributed by atoms with Gasteiger partial charge in [0.1, 0.15) is 5.82 Å². The van der Waals surface area contributed by atoms with E-state index in [-0.39, 0.29) is 16.8 Å². The molecule has 0 unspecified atom stereocenters. The first-order chi connectivity index (χ1) is 9.73. The molecule has 0 heterocycles. The van der Waals surface area contributed by atoms with Crippen LogP contribution in [0, 0.1) is 11.2 Å². The van der Waals surface area contributed by atoms with Crippen LogP contribution in [0.1, 0.15) is 47.5 Å². The van der Waals surface area contributed by atoms with E-state index in [0.717, 1.165) is 25.9 Å². The molecule has 0 amide bonds. The highest BCUT2D eigenvalue weighted by Gasteiger charge is 2.29. The fourth-order valence-electron chi connectivity index (χ4n) is 2.58. The smallest absolute Gasteiger partial charge is 0.146 e. The second kappa shape index (κ2) is 7.26. The van der Waals surface area contributed by atoms with Crippen molar-refractivity contribution in [3.63, 3.8) is 0 Å². The zero-order valence-corrected chi connectivity index (χ0v) is 14.5. The SMILES string of the molecule is CCC(CC)(CNC(C)(C)C)CN(C)c1ccccc1F. The third-order valence-corrected chi connectivity index (χ3v) is 4.33. The predicted octanol–water partition coefficient (Wildman–Crippen LogP) is 4.46. The van der Waals surface area contributed by atoms with E-state index in [2.05, 4.69) is 39.9 Å². The van der Waals surface area contributed by atoms with Gasteiger partial charge in [0.15, 0.2) is 0 Å². The van der Waals surface area contributed by atoms with E-state index in [1.807, 2.05) is 24.1 Å². The molecule has 0 aliphatic carbocycles. The van der Waals surface area contributed by atoms with Crippen LogP contribution in [0.25, 0.3) is 0 Å².